The minimum Gasteiger partial charge on any atom is -0.507 e. The summed E-state index contributed by atoms with van der Waals surface area (Å²) in [7, 11) is 0.655. The van der Waals surface area contributed by atoms with E-state index >= 15 is 0 Å². The third kappa shape index (κ3) is 6.09. The van der Waals surface area contributed by atoms with Gasteiger partial charge in [0.15, 0.2) is 0 Å². The molecule has 0 saturated carbocycles. The summed E-state index contributed by atoms with van der Waals surface area (Å²) >= 11 is 1.54. The molecule has 5 rings (SSSR count). The number of rotatable bonds is 10. The molecule has 218 valence electrons. The molecule has 41 heavy (non-hydrogen) atoms. The van der Waals surface area contributed by atoms with Crippen molar-refractivity contribution in [1.29, 1.82) is 0 Å². The van der Waals surface area contributed by atoms with Gasteiger partial charge in [-0.05, 0) is 103 Å². The lowest BCUT2D eigenvalue weighted by Gasteiger charge is -2.43. The van der Waals surface area contributed by atoms with Crippen LogP contribution in [0.4, 0.5) is 0 Å². The van der Waals surface area contributed by atoms with E-state index in [4.69, 9.17) is 9.39 Å². The number of aryl methyl sites for hydroxylation is 2. The number of imide groups is 1. The number of carbonyl (C=O) groups excluding carboxylic acids is 2. The first kappa shape index (κ1) is 29.8. The van der Waals surface area contributed by atoms with Crippen molar-refractivity contribution >= 4 is 36.3 Å². The molecular formula is C32H40BNO6S. The number of nitrogens with zero attached hydrogens (tertiary/aromatic N) is 1. The summed E-state index contributed by atoms with van der Waals surface area (Å²) < 4.78 is 11.7. The molecule has 7 nitrogen and oxygen atoms in total. The summed E-state index contributed by atoms with van der Waals surface area (Å²) in [6.07, 6.45) is 5.98. The van der Waals surface area contributed by atoms with Gasteiger partial charge in [-0.3, -0.25) is 14.5 Å². The zero-order valence-corrected chi connectivity index (χ0v) is 25.2. The van der Waals surface area contributed by atoms with E-state index in [-0.39, 0.29) is 23.8 Å². The standard InChI is InChI=1S/C32H40BNO6S/c1-5-7-21(14-22-12-19(2)30(35)20(3)13-22)9-10-27-28-23(18-39-4)15-25-29(26(28)16-33(38)40-27)32(37)34(31(25)36)17-24-8-6-11-41-24/h6,8,11-14,25-27,29,35,38H,5,7,9-10,15-18H2,1-4H3/b21-14+/t25-,26+,27-,29-/m1/s1. The summed E-state index contributed by atoms with van der Waals surface area (Å²) in [5.41, 5.74) is 6.11. The van der Waals surface area contributed by atoms with Crippen LogP contribution in [-0.2, 0) is 25.5 Å². The SMILES string of the molecule is CCC/C(=C\c1cc(C)c(O)c(C)c1)CC[C@H]1OB(O)C[C@H]2C1=C(COC)C[C@H]1C(=O)N(Cc3cccs3)C(=O)[C@H]12. The van der Waals surface area contributed by atoms with E-state index in [1.54, 1.807) is 18.4 Å². The quantitative estimate of drug-likeness (QED) is 0.214. The lowest BCUT2D eigenvalue weighted by Crippen LogP contribution is -2.46. The topological polar surface area (TPSA) is 96.3 Å². The number of thiophene rings is 1. The highest BCUT2D eigenvalue weighted by Crippen LogP contribution is 2.51. The van der Waals surface area contributed by atoms with Gasteiger partial charge in [-0.2, -0.15) is 0 Å². The van der Waals surface area contributed by atoms with Gasteiger partial charge in [0.2, 0.25) is 11.8 Å². The van der Waals surface area contributed by atoms with Crippen molar-refractivity contribution in [1.82, 2.24) is 4.90 Å². The van der Waals surface area contributed by atoms with Crippen LogP contribution in [0.5, 0.6) is 5.75 Å². The van der Waals surface area contributed by atoms with E-state index in [0.717, 1.165) is 52.0 Å². The predicted octanol–water partition coefficient (Wildman–Crippen LogP) is 5.68. The minimum absolute atomic E-state index is 0.119. The van der Waals surface area contributed by atoms with Crippen molar-refractivity contribution in [2.24, 2.45) is 17.8 Å². The molecule has 3 aliphatic rings. The van der Waals surface area contributed by atoms with E-state index in [1.807, 2.05) is 43.5 Å². The Balaban J connectivity index is 1.41. The predicted molar refractivity (Wildman–Crippen MR) is 161 cm³/mol. The number of carbonyl (C=O) groups is 2. The van der Waals surface area contributed by atoms with Gasteiger partial charge in [0.25, 0.3) is 0 Å². The highest BCUT2D eigenvalue weighted by Gasteiger charge is 2.57. The summed E-state index contributed by atoms with van der Waals surface area (Å²) in [5.74, 6) is -1.08. The number of amides is 2. The number of fused-ring (bicyclic) bond motifs is 3. The zero-order valence-electron chi connectivity index (χ0n) is 24.4. The van der Waals surface area contributed by atoms with E-state index in [2.05, 4.69) is 13.0 Å². The van der Waals surface area contributed by atoms with Gasteiger partial charge in [-0.15, -0.1) is 11.3 Å². The minimum atomic E-state index is -0.994. The van der Waals surface area contributed by atoms with Crippen molar-refractivity contribution < 1.29 is 29.1 Å². The van der Waals surface area contributed by atoms with Gasteiger partial charge in [0, 0.05) is 12.0 Å². The Labute approximate surface area is 247 Å². The molecule has 2 saturated heterocycles. The molecule has 9 heteroatoms. The number of likely N-dealkylation sites (tertiary alicyclic amines) is 1. The van der Waals surface area contributed by atoms with E-state index in [9.17, 15) is 19.7 Å². The van der Waals surface area contributed by atoms with Gasteiger partial charge < -0.3 is 19.5 Å². The smallest absolute Gasteiger partial charge is 0.455 e. The second-order valence-electron chi connectivity index (χ2n) is 11.7. The Bertz CT molecular complexity index is 1330. The maximum absolute atomic E-state index is 13.7. The van der Waals surface area contributed by atoms with Crippen LogP contribution in [-0.4, -0.2) is 53.8 Å². The highest BCUT2D eigenvalue weighted by molar-refractivity contribution is 7.09. The molecule has 2 fully saturated rings. The fraction of sp³-hybridized carbons (Fsp3) is 0.500. The first-order valence-electron chi connectivity index (χ1n) is 14.6. The van der Waals surface area contributed by atoms with Crippen LogP contribution in [0, 0.1) is 31.6 Å². The first-order chi connectivity index (χ1) is 19.7. The summed E-state index contributed by atoms with van der Waals surface area (Å²) in [5, 5.41) is 23.0. The van der Waals surface area contributed by atoms with Gasteiger partial charge in [-0.25, -0.2) is 0 Å². The third-order valence-corrected chi connectivity index (χ3v) is 9.66. The van der Waals surface area contributed by atoms with Gasteiger partial charge >= 0.3 is 7.12 Å². The van der Waals surface area contributed by atoms with Gasteiger partial charge in [0.05, 0.1) is 31.1 Å². The Morgan fingerprint density at radius 3 is 2.61 bits per heavy atom. The molecule has 1 aromatic heterocycles. The Morgan fingerprint density at radius 2 is 1.95 bits per heavy atom. The number of phenols is 1. The average molecular weight is 578 g/mol. The monoisotopic (exact) mass is 577 g/mol. The molecule has 1 aliphatic carbocycles. The molecule has 2 N–H and O–H groups in total. The number of ether oxygens (including phenoxy) is 1. The summed E-state index contributed by atoms with van der Waals surface area (Å²) in [6.45, 7) is 6.65. The molecule has 2 aromatic rings. The summed E-state index contributed by atoms with van der Waals surface area (Å²) in [6, 6.07) is 7.88. The normalized spacial score (nSPS) is 24.8. The van der Waals surface area contributed by atoms with Crippen molar-refractivity contribution in [3.05, 3.63) is 67.9 Å². The summed E-state index contributed by atoms with van der Waals surface area (Å²) in [4.78, 5) is 29.7. The average Bonchev–Trinajstić information content (AvgIpc) is 3.53. The van der Waals surface area contributed by atoms with Crippen LogP contribution in [0.25, 0.3) is 6.08 Å². The number of aromatic hydroxyl groups is 1. The molecule has 3 heterocycles. The lowest BCUT2D eigenvalue weighted by molar-refractivity contribution is -0.140. The van der Waals surface area contributed by atoms with Crippen molar-refractivity contribution in [2.75, 3.05) is 13.7 Å². The highest BCUT2D eigenvalue weighted by atomic mass is 32.1. The third-order valence-electron chi connectivity index (χ3n) is 8.79. The second kappa shape index (κ2) is 12.7. The van der Waals surface area contributed by atoms with Crippen LogP contribution in [0.2, 0.25) is 6.32 Å². The maximum atomic E-state index is 13.7. The Hall–Kier alpha value is -2.72. The first-order valence-corrected chi connectivity index (χ1v) is 15.5. The molecule has 0 unspecified atom stereocenters. The molecule has 0 radical (unpaired) electrons. The molecule has 1 aromatic carbocycles. The number of benzene rings is 1. The van der Waals surface area contributed by atoms with Crippen molar-refractivity contribution in [2.45, 2.75) is 71.8 Å². The Kier molecular flexibility index (Phi) is 9.19. The molecular weight excluding hydrogens is 537 g/mol. The Morgan fingerprint density at radius 1 is 1.20 bits per heavy atom. The van der Waals surface area contributed by atoms with Crippen LogP contribution in [0.3, 0.4) is 0 Å². The van der Waals surface area contributed by atoms with E-state index in [0.29, 0.717) is 38.1 Å². The van der Waals surface area contributed by atoms with Crippen LogP contribution < -0.4 is 0 Å². The second-order valence-corrected chi connectivity index (χ2v) is 12.7. The molecule has 2 aliphatic heterocycles. The number of phenolic OH excluding ortho intramolecular Hbond substituents is 1. The van der Waals surface area contributed by atoms with E-state index in [1.165, 1.54) is 10.5 Å². The van der Waals surface area contributed by atoms with Crippen molar-refractivity contribution in [3.63, 3.8) is 0 Å². The van der Waals surface area contributed by atoms with Crippen LogP contribution in [0.15, 0.2) is 46.4 Å². The number of hydrogen-bond donors (Lipinski definition) is 2. The van der Waals surface area contributed by atoms with Crippen molar-refractivity contribution in [3.8, 4) is 5.75 Å². The molecule has 0 bridgehead atoms. The zero-order chi connectivity index (χ0) is 29.3. The van der Waals surface area contributed by atoms with Crippen LogP contribution >= 0.6 is 11.3 Å². The molecule has 2 amide bonds. The lowest BCUT2D eigenvalue weighted by atomic mass is 9.58. The van der Waals surface area contributed by atoms with Crippen LogP contribution in [0.1, 0.15) is 60.6 Å². The fourth-order valence-electron chi connectivity index (χ4n) is 7.07. The molecule has 0 spiro atoms. The molecule has 4 atom stereocenters. The maximum Gasteiger partial charge on any atom is 0.455 e. The van der Waals surface area contributed by atoms with E-state index < -0.39 is 19.0 Å². The number of allylic oxidation sites excluding steroid dienone is 1. The van der Waals surface area contributed by atoms with Gasteiger partial charge in [-0.1, -0.05) is 31.1 Å². The largest absolute Gasteiger partial charge is 0.507 e. The number of hydrogen-bond acceptors (Lipinski definition) is 7. The fourth-order valence-corrected chi connectivity index (χ4v) is 7.76. The number of methoxy groups -OCH3 is 1. The van der Waals surface area contributed by atoms with Gasteiger partial charge in [0.1, 0.15) is 5.75 Å².